The third kappa shape index (κ3) is 4.51. The quantitative estimate of drug-likeness (QED) is 0.581. The van der Waals surface area contributed by atoms with Crippen LogP contribution in [-0.4, -0.2) is 42.4 Å². The normalized spacial score (nSPS) is 12.2. The van der Waals surface area contributed by atoms with Crippen molar-refractivity contribution in [3.63, 3.8) is 0 Å². The van der Waals surface area contributed by atoms with E-state index in [4.69, 9.17) is 5.73 Å². The molecule has 0 aromatic heterocycles. The molecule has 0 aliphatic heterocycles. The molecule has 3 N–H and O–H groups in total. The number of nitrogens with two attached hydrogens (primary N) is 1. The van der Waals surface area contributed by atoms with Gasteiger partial charge in [-0.05, 0) is 46.1 Å². The van der Waals surface area contributed by atoms with Crippen molar-refractivity contribution >= 4 is 17.3 Å². The summed E-state index contributed by atoms with van der Waals surface area (Å²) in [6, 6.07) is 4.28. The number of nitro groups is 1. The third-order valence-electron chi connectivity index (χ3n) is 2.89. The average molecular weight is 280 g/mol. The van der Waals surface area contributed by atoms with Gasteiger partial charge in [0.15, 0.2) is 0 Å². The summed E-state index contributed by atoms with van der Waals surface area (Å²) in [6.07, 6.45) is 0.849. The molecule has 1 aromatic rings. The second kappa shape index (κ2) is 6.85. The fourth-order valence-electron chi connectivity index (χ4n) is 1.75. The number of hydrogen-bond acceptors (Lipinski definition) is 5. The molecule has 0 heterocycles. The standard InChI is InChI=1S/C13H20N4O3/c1-9(6-7-16(2)3)15-11-5-4-10(13(14)18)8-12(11)17(19)20/h4-5,8-9,15H,6-7H2,1-3H3,(H2,14,18). The highest BCUT2D eigenvalue weighted by molar-refractivity contribution is 5.94. The third-order valence-corrected chi connectivity index (χ3v) is 2.89. The highest BCUT2D eigenvalue weighted by Gasteiger charge is 2.17. The molecular weight excluding hydrogens is 260 g/mol. The van der Waals surface area contributed by atoms with Crippen LogP contribution in [0.5, 0.6) is 0 Å². The fraction of sp³-hybridized carbons (Fsp3) is 0.462. The first kappa shape index (κ1) is 15.9. The van der Waals surface area contributed by atoms with Crippen molar-refractivity contribution in [2.75, 3.05) is 26.0 Å². The van der Waals surface area contributed by atoms with Crippen LogP contribution in [0.15, 0.2) is 18.2 Å². The average Bonchev–Trinajstić information content (AvgIpc) is 2.36. The SMILES string of the molecule is CC(CCN(C)C)Nc1ccc(C(N)=O)cc1[N+](=O)[O-]. The minimum Gasteiger partial charge on any atom is -0.377 e. The van der Waals surface area contributed by atoms with Crippen molar-refractivity contribution in [3.05, 3.63) is 33.9 Å². The van der Waals surface area contributed by atoms with Crippen LogP contribution in [0.4, 0.5) is 11.4 Å². The molecular formula is C13H20N4O3. The summed E-state index contributed by atoms with van der Waals surface area (Å²) >= 11 is 0. The number of primary amides is 1. The van der Waals surface area contributed by atoms with Gasteiger partial charge >= 0.3 is 0 Å². The van der Waals surface area contributed by atoms with E-state index in [1.54, 1.807) is 0 Å². The van der Waals surface area contributed by atoms with E-state index in [2.05, 4.69) is 5.32 Å². The molecule has 1 unspecified atom stereocenters. The fourth-order valence-corrected chi connectivity index (χ4v) is 1.75. The van der Waals surface area contributed by atoms with Crippen LogP contribution >= 0.6 is 0 Å². The molecule has 1 rings (SSSR count). The molecule has 0 bridgehead atoms. The van der Waals surface area contributed by atoms with Gasteiger partial charge in [-0.2, -0.15) is 0 Å². The Bertz CT molecular complexity index is 502. The lowest BCUT2D eigenvalue weighted by molar-refractivity contribution is -0.384. The molecule has 0 aliphatic carbocycles. The minimum atomic E-state index is -0.680. The second-order valence-corrected chi connectivity index (χ2v) is 4.99. The lowest BCUT2D eigenvalue weighted by atomic mass is 10.1. The molecule has 1 amide bonds. The number of rotatable bonds is 7. The maximum atomic E-state index is 11.1. The van der Waals surface area contributed by atoms with Gasteiger partial charge < -0.3 is 16.0 Å². The number of nitro benzene ring substituents is 1. The number of benzene rings is 1. The molecule has 110 valence electrons. The predicted octanol–water partition coefficient (Wildman–Crippen LogP) is 1.45. The Morgan fingerprint density at radius 3 is 2.65 bits per heavy atom. The number of carbonyl (C=O) groups excluding carboxylic acids is 1. The Balaban J connectivity index is 2.89. The van der Waals surface area contributed by atoms with Gasteiger partial charge in [-0.25, -0.2) is 0 Å². The molecule has 1 atom stereocenters. The Morgan fingerprint density at radius 2 is 2.15 bits per heavy atom. The predicted molar refractivity (Wildman–Crippen MR) is 77.9 cm³/mol. The van der Waals surface area contributed by atoms with Gasteiger partial charge in [0, 0.05) is 17.7 Å². The zero-order valence-corrected chi connectivity index (χ0v) is 11.9. The van der Waals surface area contributed by atoms with Crippen molar-refractivity contribution in [1.29, 1.82) is 0 Å². The van der Waals surface area contributed by atoms with Crippen LogP contribution in [0.3, 0.4) is 0 Å². The summed E-state index contributed by atoms with van der Waals surface area (Å²) in [5.74, 6) is -0.680. The zero-order chi connectivity index (χ0) is 15.3. The first-order chi connectivity index (χ1) is 9.31. The first-order valence-corrected chi connectivity index (χ1v) is 6.30. The second-order valence-electron chi connectivity index (χ2n) is 4.99. The van der Waals surface area contributed by atoms with E-state index in [1.165, 1.54) is 18.2 Å². The van der Waals surface area contributed by atoms with Crippen molar-refractivity contribution in [2.24, 2.45) is 5.73 Å². The molecule has 0 spiro atoms. The van der Waals surface area contributed by atoms with Crippen molar-refractivity contribution in [3.8, 4) is 0 Å². The van der Waals surface area contributed by atoms with Gasteiger partial charge in [-0.3, -0.25) is 14.9 Å². The van der Waals surface area contributed by atoms with E-state index in [0.717, 1.165) is 13.0 Å². The summed E-state index contributed by atoms with van der Waals surface area (Å²) in [5, 5.41) is 14.1. The lowest BCUT2D eigenvalue weighted by Gasteiger charge is -2.17. The van der Waals surface area contributed by atoms with Crippen molar-refractivity contribution in [1.82, 2.24) is 4.90 Å². The van der Waals surface area contributed by atoms with Crippen LogP contribution in [0.2, 0.25) is 0 Å². The lowest BCUT2D eigenvalue weighted by Crippen LogP contribution is -2.23. The largest absolute Gasteiger partial charge is 0.377 e. The maximum absolute atomic E-state index is 11.1. The van der Waals surface area contributed by atoms with E-state index in [-0.39, 0.29) is 17.3 Å². The van der Waals surface area contributed by atoms with Crippen LogP contribution in [0, 0.1) is 10.1 Å². The van der Waals surface area contributed by atoms with E-state index >= 15 is 0 Å². The van der Waals surface area contributed by atoms with Crippen LogP contribution < -0.4 is 11.1 Å². The molecule has 0 saturated heterocycles. The topological polar surface area (TPSA) is 102 Å². The first-order valence-electron chi connectivity index (χ1n) is 6.30. The summed E-state index contributed by atoms with van der Waals surface area (Å²) < 4.78 is 0. The van der Waals surface area contributed by atoms with Crippen molar-refractivity contribution < 1.29 is 9.72 Å². The van der Waals surface area contributed by atoms with Crippen LogP contribution in [0.1, 0.15) is 23.7 Å². The Labute approximate surface area is 117 Å². The van der Waals surface area contributed by atoms with E-state index in [0.29, 0.717) is 5.69 Å². The molecule has 0 radical (unpaired) electrons. The maximum Gasteiger partial charge on any atom is 0.293 e. The summed E-state index contributed by atoms with van der Waals surface area (Å²) in [7, 11) is 3.94. The number of nitrogens with zero attached hydrogens (tertiary/aromatic N) is 2. The Kier molecular flexibility index (Phi) is 5.45. The molecule has 0 saturated carbocycles. The highest BCUT2D eigenvalue weighted by atomic mass is 16.6. The number of nitrogens with one attached hydrogen (secondary N) is 1. The number of hydrogen-bond donors (Lipinski definition) is 2. The van der Waals surface area contributed by atoms with E-state index in [1.807, 2.05) is 25.9 Å². The zero-order valence-electron chi connectivity index (χ0n) is 11.9. The molecule has 1 aromatic carbocycles. The van der Waals surface area contributed by atoms with Gasteiger partial charge in [0.05, 0.1) is 4.92 Å². The van der Waals surface area contributed by atoms with E-state index in [9.17, 15) is 14.9 Å². The Morgan fingerprint density at radius 1 is 1.50 bits per heavy atom. The Hall–Kier alpha value is -2.15. The number of carbonyl (C=O) groups is 1. The number of anilines is 1. The van der Waals surface area contributed by atoms with E-state index < -0.39 is 10.8 Å². The molecule has 7 nitrogen and oxygen atoms in total. The van der Waals surface area contributed by atoms with Crippen LogP contribution in [0.25, 0.3) is 0 Å². The molecule has 7 heteroatoms. The minimum absolute atomic E-state index is 0.0792. The van der Waals surface area contributed by atoms with Gasteiger partial charge in [0.2, 0.25) is 5.91 Å². The van der Waals surface area contributed by atoms with Gasteiger partial charge in [-0.1, -0.05) is 0 Å². The van der Waals surface area contributed by atoms with Crippen molar-refractivity contribution in [2.45, 2.75) is 19.4 Å². The molecule has 0 fully saturated rings. The highest BCUT2D eigenvalue weighted by Crippen LogP contribution is 2.26. The summed E-state index contributed by atoms with van der Waals surface area (Å²) in [5.41, 5.74) is 5.51. The molecule has 20 heavy (non-hydrogen) atoms. The van der Waals surface area contributed by atoms with Gasteiger partial charge in [0.1, 0.15) is 5.69 Å². The molecule has 0 aliphatic rings. The summed E-state index contributed by atoms with van der Waals surface area (Å²) in [4.78, 5) is 23.6. The smallest absolute Gasteiger partial charge is 0.293 e. The summed E-state index contributed by atoms with van der Waals surface area (Å²) in [6.45, 7) is 2.83. The van der Waals surface area contributed by atoms with Gasteiger partial charge in [-0.15, -0.1) is 0 Å². The van der Waals surface area contributed by atoms with Crippen LogP contribution in [-0.2, 0) is 0 Å². The van der Waals surface area contributed by atoms with Gasteiger partial charge in [0.25, 0.3) is 5.69 Å². The number of amides is 1. The monoisotopic (exact) mass is 280 g/mol.